The van der Waals surface area contributed by atoms with E-state index in [2.05, 4.69) is 26.6 Å². The van der Waals surface area contributed by atoms with E-state index in [9.17, 15) is 24.0 Å². The molecule has 0 aliphatic carbocycles. The fraction of sp³-hybridized carbons (Fsp3) is 0.800. The Balaban J connectivity index is 4.88. The second-order valence-electron chi connectivity index (χ2n) is 11.8. The Bertz CT molecular complexity index is 830. The smallest absolute Gasteiger partial charge is 0.408 e. The number of hydrogen-bond donors (Lipinski definition) is 6. The number of amides is 5. The molecule has 0 radical (unpaired) electrons. The van der Waals surface area contributed by atoms with Gasteiger partial charge in [0.25, 0.3) is 0 Å². The molecule has 0 saturated carbocycles. The molecule has 14 heteroatoms. The van der Waals surface area contributed by atoms with E-state index in [0.717, 1.165) is 0 Å². The van der Waals surface area contributed by atoms with Crippen molar-refractivity contribution in [1.29, 1.82) is 0 Å². The number of ether oxygens (including phenoxy) is 3. The molecule has 0 aliphatic heterocycles. The van der Waals surface area contributed by atoms with E-state index in [1.807, 2.05) is 0 Å². The molecule has 0 bridgehead atoms. The molecule has 0 fully saturated rings. The van der Waals surface area contributed by atoms with Crippen LogP contribution in [0.4, 0.5) is 14.4 Å². The third-order valence-electron chi connectivity index (χ3n) is 4.31. The molecule has 2 atom stereocenters. The summed E-state index contributed by atoms with van der Waals surface area (Å²) < 4.78 is 15.5. The molecule has 0 spiro atoms. The van der Waals surface area contributed by atoms with Crippen molar-refractivity contribution in [3.8, 4) is 0 Å². The van der Waals surface area contributed by atoms with E-state index in [1.165, 1.54) is 0 Å². The van der Waals surface area contributed by atoms with Crippen LogP contribution in [-0.4, -0.2) is 85.2 Å². The first-order chi connectivity index (χ1) is 17.7. The van der Waals surface area contributed by atoms with Crippen LogP contribution < -0.4 is 32.3 Å². The topological polar surface area (TPSA) is 199 Å². The van der Waals surface area contributed by atoms with E-state index in [-0.39, 0.29) is 32.6 Å². The lowest BCUT2D eigenvalue weighted by molar-refractivity contribution is -0.123. The molecule has 226 valence electrons. The summed E-state index contributed by atoms with van der Waals surface area (Å²) in [5.74, 6) is -1.01. The summed E-state index contributed by atoms with van der Waals surface area (Å²) in [6.07, 6.45) is -1.69. The third kappa shape index (κ3) is 19.4. The zero-order chi connectivity index (χ0) is 30.4. The summed E-state index contributed by atoms with van der Waals surface area (Å²) in [6, 6.07) is -1.97. The van der Waals surface area contributed by atoms with Crippen LogP contribution in [0, 0.1) is 0 Å². The van der Waals surface area contributed by atoms with Gasteiger partial charge in [0.1, 0.15) is 28.9 Å². The largest absolute Gasteiger partial charge is 0.444 e. The molecule has 39 heavy (non-hydrogen) atoms. The van der Waals surface area contributed by atoms with Gasteiger partial charge in [0.2, 0.25) is 11.8 Å². The molecule has 0 rings (SSSR count). The predicted octanol–water partition coefficient (Wildman–Crippen LogP) is 1.27. The average molecular weight is 561 g/mol. The summed E-state index contributed by atoms with van der Waals surface area (Å²) >= 11 is 0. The minimum atomic E-state index is -1.00. The first kappa shape index (κ1) is 35.7. The molecule has 0 aromatic carbocycles. The van der Waals surface area contributed by atoms with Gasteiger partial charge in [0.15, 0.2) is 0 Å². The lowest BCUT2D eigenvalue weighted by atomic mass is 10.1. The number of alkyl carbamates (subject to hydrolysis) is 3. The van der Waals surface area contributed by atoms with Crippen molar-refractivity contribution >= 4 is 30.1 Å². The molecular formula is C25H48N6O8. The summed E-state index contributed by atoms with van der Waals surface area (Å²) in [5.41, 5.74) is 3.46. The maximum atomic E-state index is 12.7. The minimum Gasteiger partial charge on any atom is -0.444 e. The van der Waals surface area contributed by atoms with E-state index in [0.29, 0.717) is 6.42 Å². The highest BCUT2D eigenvalue weighted by Crippen LogP contribution is 2.09. The van der Waals surface area contributed by atoms with E-state index in [4.69, 9.17) is 19.9 Å². The molecule has 0 aromatic rings. The van der Waals surface area contributed by atoms with Crippen LogP contribution >= 0.6 is 0 Å². The van der Waals surface area contributed by atoms with Gasteiger partial charge in [0, 0.05) is 26.2 Å². The number of nitrogens with two attached hydrogens (primary N) is 1. The van der Waals surface area contributed by atoms with Gasteiger partial charge in [-0.2, -0.15) is 0 Å². The summed E-state index contributed by atoms with van der Waals surface area (Å²) in [6.45, 7) is 15.6. The van der Waals surface area contributed by atoms with Crippen LogP contribution in [0.1, 0.15) is 75.2 Å². The molecule has 7 N–H and O–H groups in total. The first-order valence-electron chi connectivity index (χ1n) is 12.9. The van der Waals surface area contributed by atoms with Crippen molar-refractivity contribution in [3.63, 3.8) is 0 Å². The zero-order valence-corrected chi connectivity index (χ0v) is 24.7. The van der Waals surface area contributed by atoms with E-state index in [1.54, 1.807) is 62.3 Å². The van der Waals surface area contributed by atoms with Crippen LogP contribution in [0.5, 0.6) is 0 Å². The number of hydrogen-bond acceptors (Lipinski definition) is 9. The predicted molar refractivity (Wildman–Crippen MR) is 145 cm³/mol. The average Bonchev–Trinajstić information content (AvgIpc) is 2.73. The maximum Gasteiger partial charge on any atom is 0.408 e. The Kier molecular flexibility index (Phi) is 14.6. The van der Waals surface area contributed by atoms with E-state index >= 15 is 0 Å². The number of rotatable bonds is 12. The van der Waals surface area contributed by atoms with Crippen LogP contribution in [0.25, 0.3) is 0 Å². The van der Waals surface area contributed by atoms with Gasteiger partial charge in [0.05, 0.1) is 0 Å². The monoisotopic (exact) mass is 560 g/mol. The van der Waals surface area contributed by atoms with Crippen molar-refractivity contribution in [3.05, 3.63) is 0 Å². The van der Waals surface area contributed by atoms with Crippen LogP contribution in [0.3, 0.4) is 0 Å². The van der Waals surface area contributed by atoms with Crippen molar-refractivity contribution in [2.24, 2.45) is 5.73 Å². The van der Waals surface area contributed by atoms with E-state index < -0.39 is 59.0 Å². The highest BCUT2D eigenvalue weighted by Gasteiger charge is 2.26. The molecule has 0 aromatic heterocycles. The second kappa shape index (κ2) is 16.0. The van der Waals surface area contributed by atoms with Gasteiger partial charge >= 0.3 is 18.3 Å². The Morgan fingerprint density at radius 1 is 0.590 bits per heavy atom. The van der Waals surface area contributed by atoms with Gasteiger partial charge in [-0.3, -0.25) is 9.59 Å². The van der Waals surface area contributed by atoms with Crippen molar-refractivity contribution in [2.45, 2.75) is 104 Å². The fourth-order valence-electron chi connectivity index (χ4n) is 2.83. The van der Waals surface area contributed by atoms with Gasteiger partial charge in [-0.1, -0.05) is 0 Å². The van der Waals surface area contributed by atoms with Crippen LogP contribution in [0.2, 0.25) is 0 Å². The van der Waals surface area contributed by atoms with Gasteiger partial charge < -0.3 is 46.5 Å². The quantitative estimate of drug-likeness (QED) is 0.150. The lowest BCUT2D eigenvalue weighted by Gasteiger charge is -2.24. The highest BCUT2D eigenvalue weighted by molar-refractivity contribution is 5.86. The summed E-state index contributed by atoms with van der Waals surface area (Å²) in [4.78, 5) is 61.1. The SMILES string of the molecule is CC(C)(C)OC(=O)NCCNC(=O)[C@H](CCCNC(=O)[C@H](CN)NC(=O)OC(C)(C)C)NC(=O)OC(C)(C)C. The number of carbonyl (C=O) groups excluding carboxylic acids is 5. The lowest BCUT2D eigenvalue weighted by Crippen LogP contribution is -2.52. The standard InChI is InChI=1S/C25H48N6O8/c1-23(2,3)37-20(34)29-14-13-28-18(32)16(30-21(35)38-24(4,5)6)11-10-12-27-19(33)17(15-26)31-22(36)39-25(7,8)9/h16-17H,10-15,26H2,1-9H3,(H,27,33)(H,28,32)(H,29,34)(H,30,35)(H,31,36)/t16-,17-/m0/s1. The van der Waals surface area contributed by atoms with Crippen molar-refractivity contribution in [1.82, 2.24) is 26.6 Å². The normalized spacial score (nSPS) is 13.3. The van der Waals surface area contributed by atoms with Crippen LogP contribution in [-0.2, 0) is 23.8 Å². The second-order valence-corrected chi connectivity index (χ2v) is 11.8. The number of nitrogens with one attached hydrogen (secondary N) is 5. The van der Waals surface area contributed by atoms with Gasteiger partial charge in [-0.05, 0) is 75.2 Å². The molecule has 0 heterocycles. The van der Waals surface area contributed by atoms with Gasteiger partial charge in [-0.15, -0.1) is 0 Å². The number of carbonyl (C=O) groups is 5. The minimum absolute atomic E-state index is 0.0931. The summed E-state index contributed by atoms with van der Waals surface area (Å²) in [5, 5.41) is 12.8. The molecular weight excluding hydrogens is 512 g/mol. The molecule has 0 saturated heterocycles. The summed E-state index contributed by atoms with van der Waals surface area (Å²) in [7, 11) is 0. The van der Waals surface area contributed by atoms with Gasteiger partial charge in [-0.25, -0.2) is 14.4 Å². The zero-order valence-electron chi connectivity index (χ0n) is 24.7. The Morgan fingerprint density at radius 3 is 1.44 bits per heavy atom. The van der Waals surface area contributed by atoms with Crippen molar-refractivity contribution < 1.29 is 38.2 Å². The van der Waals surface area contributed by atoms with Crippen LogP contribution in [0.15, 0.2) is 0 Å². The highest BCUT2D eigenvalue weighted by atomic mass is 16.6. The molecule has 5 amide bonds. The first-order valence-corrected chi connectivity index (χ1v) is 12.9. The fourth-order valence-corrected chi connectivity index (χ4v) is 2.83. The Hall–Kier alpha value is -3.29. The maximum absolute atomic E-state index is 12.7. The Morgan fingerprint density at radius 2 is 0.974 bits per heavy atom. The third-order valence-corrected chi connectivity index (χ3v) is 4.31. The molecule has 14 nitrogen and oxygen atoms in total. The Labute approximate surface area is 231 Å². The molecule has 0 unspecified atom stereocenters. The molecule has 0 aliphatic rings. The van der Waals surface area contributed by atoms with Crippen molar-refractivity contribution in [2.75, 3.05) is 26.2 Å².